The second kappa shape index (κ2) is 14.4. The van der Waals surface area contributed by atoms with Crippen LogP contribution in [0, 0.1) is 0 Å². The number of thioether (sulfide) groups is 1. The van der Waals surface area contributed by atoms with E-state index in [0.29, 0.717) is 23.5 Å². The zero-order valence-electron chi connectivity index (χ0n) is 21.9. The number of amides is 3. The van der Waals surface area contributed by atoms with Crippen LogP contribution >= 0.6 is 11.8 Å². The first-order valence-electron chi connectivity index (χ1n) is 12.7. The van der Waals surface area contributed by atoms with Gasteiger partial charge < -0.3 is 20.7 Å². The minimum atomic E-state index is -0.455. The molecular formula is C32H29N3O4S. The molecule has 0 radical (unpaired) electrons. The third kappa shape index (κ3) is 8.61. The third-order valence-electron chi connectivity index (χ3n) is 5.57. The van der Waals surface area contributed by atoms with Crippen molar-refractivity contribution in [3.8, 4) is 5.75 Å². The molecule has 3 N–H and O–H groups in total. The van der Waals surface area contributed by atoms with Gasteiger partial charge in [0.15, 0.2) is 0 Å². The van der Waals surface area contributed by atoms with E-state index in [1.807, 2.05) is 67.6 Å². The lowest BCUT2D eigenvalue weighted by Gasteiger charge is -2.12. The Kier molecular flexibility index (Phi) is 10.1. The predicted molar refractivity (Wildman–Crippen MR) is 160 cm³/mol. The molecule has 0 heterocycles. The Morgan fingerprint density at radius 2 is 1.35 bits per heavy atom. The van der Waals surface area contributed by atoms with Crippen molar-refractivity contribution in [3.63, 3.8) is 0 Å². The fourth-order valence-corrected chi connectivity index (χ4v) is 4.34. The van der Waals surface area contributed by atoms with Gasteiger partial charge in [0.2, 0.25) is 5.91 Å². The van der Waals surface area contributed by atoms with Crippen molar-refractivity contribution in [1.82, 2.24) is 5.32 Å². The molecule has 0 aromatic heterocycles. The van der Waals surface area contributed by atoms with Gasteiger partial charge in [0.1, 0.15) is 11.4 Å². The van der Waals surface area contributed by atoms with Crippen LogP contribution in [0.3, 0.4) is 0 Å². The molecule has 0 aliphatic carbocycles. The summed E-state index contributed by atoms with van der Waals surface area (Å²) in [4.78, 5) is 39.1. The second-order valence-electron chi connectivity index (χ2n) is 8.56. The van der Waals surface area contributed by atoms with Crippen molar-refractivity contribution in [2.24, 2.45) is 0 Å². The topological polar surface area (TPSA) is 96.5 Å². The number of hydrogen-bond acceptors (Lipinski definition) is 5. The number of hydrogen-bond donors (Lipinski definition) is 3. The third-order valence-corrected chi connectivity index (χ3v) is 6.58. The number of rotatable bonds is 11. The Morgan fingerprint density at radius 1 is 0.750 bits per heavy atom. The quantitative estimate of drug-likeness (QED) is 0.152. The van der Waals surface area contributed by atoms with Crippen molar-refractivity contribution in [3.05, 3.63) is 126 Å². The Morgan fingerprint density at radius 3 is 2.00 bits per heavy atom. The van der Waals surface area contributed by atoms with Crippen LogP contribution in [-0.2, 0) is 9.59 Å². The van der Waals surface area contributed by atoms with Gasteiger partial charge in [-0.05, 0) is 79.2 Å². The van der Waals surface area contributed by atoms with Crippen molar-refractivity contribution < 1.29 is 19.1 Å². The number of nitrogens with one attached hydrogen (secondary N) is 3. The molecule has 202 valence electrons. The lowest BCUT2D eigenvalue weighted by Crippen LogP contribution is -2.30. The Balaban J connectivity index is 1.35. The summed E-state index contributed by atoms with van der Waals surface area (Å²) in [5.41, 5.74) is 2.59. The highest BCUT2D eigenvalue weighted by molar-refractivity contribution is 8.00. The maximum Gasteiger partial charge on any atom is 0.272 e. The molecule has 0 unspecified atom stereocenters. The van der Waals surface area contributed by atoms with Gasteiger partial charge in [0, 0.05) is 21.8 Å². The molecule has 40 heavy (non-hydrogen) atoms. The van der Waals surface area contributed by atoms with E-state index in [2.05, 4.69) is 16.0 Å². The van der Waals surface area contributed by atoms with Crippen molar-refractivity contribution in [2.75, 3.05) is 23.0 Å². The van der Waals surface area contributed by atoms with Gasteiger partial charge in [0.25, 0.3) is 11.8 Å². The molecule has 0 saturated carbocycles. The fraction of sp³-hybridized carbons (Fsp3) is 0.0938. The molecular weight excluding hydrogens is 522 g/mol. The molecule has 0 aliphatic rings. The first-order chi connectivity index (χ1) is 19.5. The smallest absolute Gasteiger partial charge is 0.272 e. The summed E-state index contributed by atoms with van der Waals surface area (Å²) in [6, 6.07) is 32.4. The van der Waals surface area contributed by atoms with Crippen molar-refractivity contribution in [2.45, 2.75) is 11.8 Å². The predicted octanol–water partition coefficient (Wildman–Crippen LogP) is 6.23. The van der Waals surface area contributed by atoms with Crippen LogP contribution in [0.4, 0.5) is 11.4 Å². The molecule has 7 nitrogen and oxygen atoms in total. The zero-order chi connectivity index (χ0) is 28.2. The normalized spacial score (nSPS) is 10.9. The molecule has 0 fully saturated rings. The van der Waals surface area contributed by atoms with Gasteiger partial charge >= 0.3 is 0 Å². The number of benzene rings is 4. The highest BCUT2D eigenvalue weighted by Crippen LogP contribution is 2.22. The number of carbonyl (C=O) groups is 3. The van der Waals surface area contributed by atoms with Crippen LogP contribution in [0.2, 0.25) is 0 Å². The SMILES string of the molecule is CCOc1ccc(NC(=O)CSc2ccc(NC(=O)/C(=C/c3ccccc3)NC(=O)c3ccccc3)cc2)cc1. The Hall–Kier alpha value is -4.82. The molecule has 4 aromatic carbocycles. The number of anilines is 2. The highest BCUT2D eigenvalue weighted by atomic mass is 32.2. The minimum Gasteiger partial charge on any atom is -0.494 e. The number of ether oxygens (including phenoxy) is 1. The standard InChI is InChI=1S/C32H29N3O4S/c1-2-39-27-17-13-25(14-18-27)33-30(36)22-40-28-19-15-26(16-20-28)34-32(38)29(21-23-9-5-3-6-10-23)35-31(37)24-11-7-4-8-12-24/h3-21H,2,22H2,1H3,(H,33,36)(H,34,38)(H,35,37)/b29-21-. The molecule has 0 spiro atoms. The summed E-state index contributed by atoms with van der Waals surface area (Å²) in [5.74, 6) is 0.0187. The van der Waals surface area contributed by atoms with Gasteiger partial charge in [0.05, 0.1) is 12.4 Å². The van der Waals surface area contributed by atoms with E-state index in [0.717, 1.165) is 16.2 Å². The summed E-state index contributed by atoms with van der Waals surface area (Å²) >= 11 is 1.38. The lowest BCUT2D eigenvalue weighted by atomic mass is 10.1. The summed E-state index contributed by atoms with van der Waals surface area (Å²) in [5, 5.41) is 8.43. The summed E-state index contributed by atoms with van der Waals surface area (Å²) < 4.78 is 5.42. The second-order valence-corrected chi connectivity index (χ2v) is 9.61. The number of carbonyl (C=O) groups excluding carboxylic acids is 3. The molecule has 0 bridgehead atoms. The molecule has 0 aliphatic heterocycles. The van der Waals surface area contributed by atoms with Crippen LogP contribution in [0.25, 0.3) is 6.08 Å². The zero-order valence-corrected chi connectivity index (χ0v) is 22.7. The first-order valence-corrected chi connectivity index (χ1v) is 13.7. The molecule has 4 aromatic rings. The first kappa shape index (κ1) is 28.2. The molecule has 4 rings (SSSR count). The van der Waals surface area contributed by atoms with Crippen molar-refractivity contribution >= 4 is 46.9 Å². The van der Waals surface area contributed by atoms with Crippen LogP contribution in [0.5, 0.6) is 5.75 Å². The molecule has 8 heteroatoms. The van der Waals surface area contributed by atoms with E-state index in [1.165, 1.54) is 11.8 Å². The lowest BCUT2D eigenvalue weighted by molar-refractivity contribution is -0.114. The van der Waals surface area contributed by atoms with Gasteiger partial charge in [-0.3, -0.25) is 14.4 Å². The maximum atomic E-state index is 13.2. The molecule has 0 atom stereocenters. The van der Waals surface area contributed by atoms with E-state index in [4.69, 9.17) is 4.74 Å². The largest absolute Gasteiger partial charge is 0.494 e. The van der Waals surface area contributed by atoms with Gasteiger partial charge in [-0.25, -0.2) is 0 Å². The monoisotopic (exact) mass is 551 g/mol. The van der Waals surface area contributed by atoms with E-state index < -0.39 is 5.91 Å². The van der Waals surface area contributed by atoms with E-state index in [1.54, 1.807) is 54.6 Å². The van der Waals surface area contributed by atoms with Crippen LogP contribution in [-0.4, -0.2) is 30.1 Å². The average molecular weight is 552 g/mol. The van der Waals surface area contributed by atoms with Gasteiger partial charge in [-0.15, -0.1) is 11.8 Å². The van der Waals surface area contributed by atoms with E-state index >= 15 is 0 Å². The van der Waals surface area contributed by atoms with E-state index in [-0.39, 0.29) is 23.3 Å². The fourth-order valence-electron chi connectivity index (χ4n) is 3.64. The summed E-state index contributed by atoms with van der Waals surface area (Å²) in [6.45, 7) is 2.50. The summed E-state index contributed by atoms with van der Waals surface area (Å²) in [6.07, 6.45) is 1.63. The molecule has 3 amide bonds. The maximum absolute atomic E-state index is 13.2. The Labute approximate surface area is 237 Å². The molecule has 0 saturated heterocycles. The van der Waals surface area contributed by atoms with Gasteiger partial charge in [-0.1, -0.05) is 48.5 Å². The van der Waals surface area contributed by atoms with Gasteiger partial charge in [-0.2, -0.15) is 0 Å². The Bertz CT molecular complexity index is 1460. The highest BCUT2D eigenvalue weighted by Gasteiger charge is 2.15. The minimum absolute atomic E-state index is 0.115. The van der Waals surface area contributed by atoms with E-state index in [9.17, 15) is 14.4 Å². The van der Waals surface area contributed by atoms with Crippen LogP contribution < -0.4 is 20.7 Å². The van der Waals surface area contributed by atoms with Crippen molar-refractivity contribution in [1.29, 1.82) is 0 Å². The van der Waals surface area contributed by atoms with Crippen LogP contribution in [0.15, 0.2) is 120 Å². The average Bonchev–Trinajstić information content (AvgIpc) is 2.98. The summed E-state index contributed by atoms with van der Waals surface area (Å²) in [7, 11) is 0. The van der Waals surface area contributed by atoms with Crippen LogP contribution in [0.1, 0.15) is 22.8 Å².